The van der Waals surface area contributed by atoms with Crippen LogP contribution in [-0.4, -0.2) is 79.2 Å². The van der Waals surface area contributed by atoms with Crippen LogP contribution in [0.25, 0.3) is 11.3 Å². The van der Waals surface area contributed by atoms with Gasteiger partial charge in [0.2, 0.25) is 11.8 Å². The third-order valence-corrected chi connectivity index (χ3v) is 5.93. The van der Waals surface area contributed by atoms with Crippen molar-refractivity contribution in [1.82, 2.24) is 20.3 Å². The molecule has 1 aliphatic rings. The molecule has 1 fully saturated rings. The second kappa shape index (κ2) is 9.98. The molecular weight excluding hydrogens is 462 g/mol. The summed E-state index contributed by atoms with van der Waals surface area (Å²) in [6, 6.07) is 3.88. The lowest BCUT2D eigenvalue weighted by molar-refractivity contribution is -0.279. The summed E-state index contributed by atoms with van der Waals surface area (Å²) in [6.45, 7) is 3.17. The number of aliphatic hydroxyl groups is 3. The lowest BCUT2D eigenvalue weighted by Gasteiger charge is -2.47. The molecule has 3 rings (SSSR count). The molecule has 12 heteroatoms. The van der Waals surface area contributed by atoms with Crippen molar-refractivity contribution in [2.75, 3.05) is 6.61 Å². The van der Waals surface area contributed by atoms with E-state index >= 15 is 8.78 Å². The van der Waals surface area contributed by atoms with E-state index in [0.29, 0.717) is 10.6 Å². The zero-order valence-corrected chi connectivity index (χ0v) is 19.0. The van der Waals surface area contributed by atoms with Crippen LogP contribution in [0, 0.1) is 5.92 Å². The molecule has 2 unspecified atom stereocenters. The summed E-state index contributed by atoms with van der Waals surface area (Å²) in [7, 11) is 0. The van der Waals surface area contributed by atoms with E-state index in [2.05, 4.69) is 15.6 Å². The summed E-state index contributed by atoms with van der Waals surface area (Å²) in [5, 5.41) is 40.6. The average molecular weight is 489 g/mol. The Hall–Kier alpha value is -2.18. The molecule has 0 aliphatic carbocycles. The van der Waals surface area contributed by atoms with Crippen LogP contribution < -0.4 is 5.32 Å². The van der Waals surface area contributed by atoms with Gasteiger partial charge in [-0.15, -0.1) is 5.10 Å². The van der Waals surface area contributed by atoms with Crippen LogP contribution in [0.15, 0.2) is 30.5 Å². The highest BCUT2D eigenvalue weighted by Crippen LogP contribution is 2.41. The van der Waals surface area contributed by atoms with E-state index in [9.17, 15) is 20.1 Å². The normalized spacial score (nSPS) is 29.6. The third-order valence-electron chi connectivity index (χ3n) is 5.60. The van der Waals surface area contributed by atoms with Gasteiger partial charge in [0.1, 0.15) is 30.0 Å². The van der Waals surface area contributed by atoms with Crippen molar-refractivity contribution < 1.29 is 33.6 Å². The summed E-state index contributed by atoms with van der Waals surface area (Å²) < 4.78 is 36.9. The van der Waals surface area contributed by atoms with Gasteiger partial charge in [0.25, 0.3) is 0 Å². The first-order valence-electron chi connectivity index (χ1n) is 10.4. The molecule has 0 saturated carbocycles. The van der Waals surface area contributed by atoms with Gasteiger partial charge in [-0.25, -0.2) is 13.5 Å². The Morgan fingerprint density at radius 2 is 2.03 bits per heavy atom. The van der Waals surface area contributed by atoms with E-state index in [-0.39, 0.29) is 5.69 Å². The minimum absolute atomic E-state index is 0.279. The number of benzene rings is 1. The Balaban J connectivity index is 2.08. The second-order valence-electron chi connectivity index (χ2n) is 8.45. The van der Waals surface area contributed by atoms with Gasteiger partial charge in [0.05, 0.1) is 23.9 Å². The fourth-order valence-electron chi connectivity index (χ4n) is 3.71. The molecule has 1 aliphatic heterocycles. The predicted molar refractivity (Wildman–Crippen MR) is 115 cm³/mol. The molecule has 2 heterocycles. The molecule has 1 aromatic heterocycles. The third kappa shape index (κ3) is 5.17. The van der Waals surface area contributed by atoms with Crippen LogP contribution in [0.4, 0.5) is 8.78 Å². The number of nitrogens with zero attached hydrogens (tertiary/aromatic N) is 3. The minimum Gasteiger partial charge on any atom is -0.394 e. The number of aliphatic hydroxyl groups excluding tert-OH is 3. The molecule has 0 radical (unpaired) electrons. The summed E-state index contributed by atoms with van der Waals surface area (Å²) in [4.78, 5) is 12.5. The van der Waals surface area contributed by atoms with Gasteiger partial charge in [-0.1, -0.05) is 48.9 Å². The molecule has 33 heavy (non-hydrogen) atoms. The molecule has 2 aromatic rings. The lowest BCUT2D eigenvalue weighted by atomic mass is 9.86. The van der Waals surface area contributed by atoms with E-state index in [0.717, 1.165) is 11.6 Å². The van der Waals surface area contributed by atoms with Crippen LogP contribution in [0.5, 0.6) is 0 Å². The molecule has 7 atom stereocenters. The highest BCUT2D eigenvalue weighted by atomic mass is 35.5. The first kappa shape index (κ1) is 25.4. The zero-order valence-electron chi connectivity index (χ0n) is 18.3. The predicted octanol–water partition coefficient (Wildman–Crippen LogP) is 1.42. The van der Waals surface area contributed by atoms with Gasteiger partial charge in [-0.2, -0.15) is 0 Å². The summed E-state index contributed by atoms with van der Waals surface area (Å²) in [6.07, 6.45) is -6.18. The monoisotopic (exact) mass is 488 g/mol. The summed E-state index contributed by atoms with van der Waals surface area (Å²) in [5.74, 6) is -3.97. The minimum atomic E-state index is -2.92. The Bertz CT molecular complexity index is 976. The largest absolute Gasteiger partial charge is 0.394 e. The molecule has 1 amide bonds. The molecule has 0 bridgehead atoms. The molecule has 9 nitrogen and oxygen atoms in total. The standard InChI is InChI=1S/C21H27ClF2N4O5/c1-10(2)20(32)25-15-16(19(23)21(3,24)33-18(15)17(31)14(30)9-29)28-8-13(26-27-28)11-6-4-5-7-12(11)22/h4-8,10,14-19,29-31H,9H2,1-3H3,(H,25,32)/t14-,15-,16-,17-,18-,19?,21?/m1/s1. The maximum Gasteiger partial charge on any atom is 0.240 e. The van der Waals surface area contributed by atoms with Crippen molar-refractivity contribution >= 4 is 17.5 Å². The first-order valence-corrected chi connectivity index (χ1v) is 10.8. The van der Waals surface area contributed by atoms with Crippen LogP contribution >= 0.6 is 11.6 Å². The first-order chi connectivity index (χ1) is 15.5. The maximum atomic E-state index is 15.5. The number of hydrogen-bond acceptors (Lipinski definition) is 7. The number of halogens is 3. The summed E-state index contributed by atoms with van der Waals surface area (Å²) >= 11 is 6.20. The number of carbonyl (C=O) groups excluding carboxylic acids is 1. The molecule has 0 spiro atoms. The molecule has 1 aromatic carbocycles. The van der Waals surface area contributed by atoms with Gasteiger partial charge in [-0.3, -0.25) is 4.79 Å². The van der Waals surface area contributed by atoms with Gasteiger partial charge in [-0.05, 0) is 13.0 Å². The Morgan fingerprint density at radius 1 is 1.36 bits per heavy atom. The highest BCUT2D eigenvalue weighted by molar-refractivity contribution is 6.33. The summed E-state index contributed by atoms with van der Waals surface area (Å²) in [5.41, 5.74) is 0.784. The second-order valence-corrected chi connectivity index (χ2v) is 8.86. The lowest BCUT2D eigenvalue weighted by Crippen LogP contribution is -2.67. The number of hydrogen-bond donors (Lipinski definition) is 4. The number of ether oxygens (including phenoxy) is 1. The van der Waals surface area contributed by atoms with Gasteiger partial charge >= 0.3 is 0 Å². The Labute approximate surface area is 194 Å². The van der Waals surface area contributed by atoms with E-state index in [1.54, 1.807) is 38.1 Å². The molecule has 4 N–H and O–H groups in total. The van der Waals surface area contributed by atoms with E-state index < -0.39 is 60.9 Å². The van der Waals surface area contributed by atoms with Crippen LogP contribution in [0.3, 0.4) is 0 Å². The molecular formula is C21H27ClF2N4O5. The van der Waals surface area contributed by atoms with E-state index in [1.165, 1.54) is 6.20 Å². The topological polar surface area (TPSA) is 130 Å². The number of amides is 1. The van der Waals surface area contributed by atoms with Gasteiger partial charge in [0, 0.05) is 11.5 Å². The fourth-order valence-corrected chi connectivity index (χ4v) is 3.94. The van der Waals surface area contributed by atoms with Crippen molar-refractivity contribution in [3.8, 4) is 11.3 Å². The molecule has 1 saturated heterocycles. The van der Waals surface area contributed by atoms with Crippen molar-refractivity contribution in [2.45, 2.75) is 63.2 Å². The number of carbonyl (C=O) groups is 1. The Morgan fingerprint density at radius 3 is 2.64 bits per heavy atom. The van der Waals surface area contributed by atoms with Crippen molar-refractivity contribution in [2.24, 2.45) is 5.92 Å². The van der Waals surface area contributed by atoms with E-state index in [4.69, 9.17) is 16.3 Å². The van der Waals surface area contributed by atoms with E-state index in [1.807, 2.05) is 0 Å². The quantitative estimate of drug-likeness (QED) is 0.463. The van der Waals surface area contributed by atoms with Crippen molar-refractivity contribution in [3.05, 3.63) is 35.5 Å². The fraction of sp³-hybridized carbons (Fsp3) is 0.571. The molecule has 182 valence electrons. The zero-order chi connectivity index (χ0) is 24.5. The van der Waals surface area contributed by atoms with Crippen molar-refractivity contribution in [3.63, 3.8) is 0 Å². The highest BCUT2D eigenvalue weighted by Gasteiger charge is 2.57. The van der Waals surface area contributed by atoms with Gasteiger partial charge in [0.15, 0.2) is 6.17 Å². The SMILES string of the molecule is CC(C)C(=O)N[C@H]1[C@H]([C@H](O)[C@H](O)CO)OC(C)(F)C(F)[C@@H]1n1cc(-c2ccccc2Cl)nn1. The Kier molecular flexibility index (Phi) is 7.69. The van der Waals surface area contributed by atoms with Crippen LogP contribution in [0.2, 0.25) is 5.02 Å². The van der Waals surface area contributed by atoms with Gasteiger partial charge < -0.3 is 25.4 Å². The maximum absolute atomic E-state index is 15.5. The number of nitrogens with one attached hydrogen (secondary N) is 1. The number of rotatable bonds is 7. The number of aromatic nitrogens is 3. The van der Waals surface area contributed by atoms with Crippen LogP contribution in [0.1, 0.15) is 26.8 Å². The smallest absolute Gasteiger partial charge is 0.240 e. The number of alkyl halides is 2. The van der Waals surface area contributed by atoms with Crippen LogP contribution in [-0.2, 0) is 9.53 Å². The van der Waals surface area contributed by atoms with Crippen molar-refractivity contribution in [1.29, 1.82) is 0 Å². The average Bonchev–Trinajstić information content (AvgIpc) is 3.24.